The lowest BCUT2D eigenvalue weighted by Crippen LogP contribution is -2.22. The highest BCUT2D eigenvalue weighted by Gasteiger charge is 2.17. The Labute approximate surface area is 87.4 Å². The SMILES string of the molecule is CN(C)S(=O)(=O)c1ccc2ocnc2c1. The van der Waals surface area contributed by atoms with Crippen LogP contribution in [-0.2, 0) is 10.0 Å². The van der Waals surface area contributed by atoms with Crippen molar-refractivity contribution in [1.82, 2.24) is 9.29 Å². The molecule has 0 aliphatic carbocycles. The van der Waals surface area contributed by atoms with E-state index >= 15 is 0 Å². The Morgan fingerprint density at radius 3 is 2.73 bits per heavy atom. The van der Waals surface area contributed by atoms with Gasteiger partial charge in [-0.3, -0.25) is 0 Å². The summed E-state index contributed by atoms with van der Waals surface area (Å²) in [5.74, 6) is 0. The molecular weight excluding hydrogens is 216 g/mol. The third-order valence-electron chi connectivity index (χ3n) is 2.08. The lowest BCUT2D eigenvalue weighted by Gasteiger charge is -2.10. The third-order valence-corrected chi connectivity index (χ3v) is 3.89. The van der Waals surface area contributed by atoms with E-state index in [1.165, 1.54) is 32.6 Å². The Balaban J connectivity index is 2.63. The number of nitrogens with zero attached hydrogens (tertiary/aromatic N) is 2. The molecule has 0 saturated heterocycles. The maximum absolute atomic E-state index is 11.8. The van der Waals surface area contributed by atoms with E-state index in [0.29, 0.717) is 11.1 Å². The summed E-state index contributed by atoms with van der Waals surface area (Å²) in [7, 11) is -0.418. The van der Waals surface area contributed by atoms with E-state index in [2.05, 4.69) is 4.98 Å². The molecule has 1 aromatic carbocycles. The van der Waals surface area contributed by atoms with E-state index in [1.54, 1.807) is 6.07 Å². The predicted molar refractivity (Wildman–Crippen MR) is 54.9 cm³/mol. The van der Waals surface area contributed by atoms with Crippen molar-refractivity contribution in [3.8, 4) is 0 Å². The first kappa shape index (κ1) is 10.1. The molecule has 1 heterocycles. The molecule has 0 atom stereocenters. The Hall–Kier alpha value is -1.40. The highest BCUT2D eigenvalue weighted by Crippen LogP contribution is 2.19. The van der Waals surface area contributed by atoms with Crippen LogP contribution in [0.1, 0.15) is 0 Å². The lowest BCUT2D eigenvalue weighted by molar-refractivity contribution is 0.521. The summed E-state index contributed by atoms with van der Waals surface area (Å²) >= 11 is 0. The summed E-state index contributed by atoms with van der Waals surface area (Å²) in [6.45, 7) is 0. The number of hydrogen-bond donors (Lipinski definition) is 0. The molecule has 0 radical (unpaired) electrons. The van der Waals surface area contributed by atoms with Crippen molar-refractivity contribution < 1.29 is 12.8 Å². The highest BCUT2D eigenvalue weighted by atomic mass is 32.2. The van der Waals surface area contributed by atoms with Crippen molar-refractivity contribution in [3.63, 3.8) is 0 Å². The van der Waals surface area contributed by atoms with Crippen molar-refractivity contribution in [2.75, 3.05) is 14.1 Å². The third kappa shape index (κ3) is 1.62. The molecule has 6 heteroatoms. The topological polar surface area (TPSA) is 63.4 Å². The Kier molecular flexibility index (Phi) is 2.24. The first-order valence-corrected chi connectivity index (χ1v) is 5.71. The van der Waals surface area contributed by atoms with Gasteiger partial charge in [-0.15, -0.1) is 0 Å². The zero-order chi connectivity index (χ0) is 11.1. The number of benzene rings is 1. The average Bonchev–Trinajstić information content (AvgIpc) is 2.63. The number of sulfonamides is 1. The molecule has 2 aromatic rings. The van der Waals surface area contributed by atoms with E-state index < -0.39 is 10.0 Å². The van der Waals surface area contributed by atoms with Gasteiger partial charge in [0, 0.05) is 14.1 Å². The molecular formula is C9H10N2O3S. The van der Waals surface area contributed by atoms with Crippen molar-refractivity contribution >= 4 is 21.1 Å². The first-order valence-electron chi connectivity index (χ1n) is 4.27. The molecule has 80 valence electrons. The minimum absolute atomic E-state index is 0.217. The molecule has 0 amide bonds. The molecule has 15 heavy (non-hydrogen) atoms. The van der Waals surface area contributed by atoms with Gasteiger partial charge in [0.25, 0.3) is 0 Å². The van der Waals surface area contributed by atoms with Crippen LogP contribution in [-0.4, -0.2) is 31.8 Å². The summed E-state index contributed by atoms with van der Waals surface area (Å²) in [5, 5.41) is 0. The summed E-state index contributed by atoms with van der Waals surface area (Å²) in [5.41, 5.74) is 1.12. The minimum Gasteiger partial charge on any atom is -0.443 e. The predicted octanol–water partition coefficient (Wildman–Crippen LogP) is 1.08. The van der Waals surface area contributed by atoms with Crippen LogP contribution in [0.2, 0.25) is 0 Å². The standard InChI is InChI=1S/C9H10N2O3S/c1-11(2)15(12,13)7-3-4-9-8(5-7)10-6-14-9/h3-6H,1-2H3. The summed E-state index contributed by atoms with van der Waals surface area (Å²) < 4.78 is 29.7. The van der Waals surface area contributed by atoms with E-state index in [1.807, 2.05) is 0 Å². The molecule has 0 aliphatic rings. The fraction of sp³-hybridized carbons (Fsp3) is 0.222. The smallest absolute Gasteiger partial charge is 0.242 e. The van der Waals surface area contributed by atoms with Gasteiger partial charge in [-0.25, -0.2) is 17.7 Å². The second kappa shape index (κ2) is 3.32. The fourth-order valence-electron chi connectivity index (χ4n) is 1.21. The maximum atomic E-state index is 11.8. The molecule has 0 aliphatic heterocycles. The van der Waals surface area contributed by atoms with E-state index in [9.17, 15) is 8.42 Å². The van der Waals surface area contributed by atoms with E-state index in [0.717, 1.165) is 4.31 Å². The van der Waals surface area contributed by atoms with Crippen LogP contribution < -0.4 is 0 Å². The van der Waals surface area contributed by atoms with Crippen LogP contribution in [0.3, 0.4) is 0 Å². The van der Waals surface area contributed by atoms with E-state index in [-0.39, 0.29) is 4.90 Å². The molecule has 5 nitrogen and oxygen atoms in total. The molecule has 2 rings (SSSR count). The zero-order valence-electron chi connectivity index (χ0n) is 8.34. The average molecular weight is 226 g/mol. The van der Waals surface area contributed by atoms with Crippen LogP contribution in [0.25, 0.3) is 11.1 Å². The highest BCUT2D eigenvalue weighted by molar-refractivity contribution is 7.89. The normalized spacial score (nSPS) is 12.5. The van der Waals surface area contributed by atoms with Crippen molar-refractivity contribution in [3.05, 3.63) is 24.6 Å². The number of aromatic nitrogens is 1. The van der Waals surface area contributed by atoms with Gasteiger partial charge < -0.3 is 4.42 Å². The van der Waals surface area contributed by atoms with Gasteiger partial charge in [0.05, 0.1) is 4.90 Å². The molecule has 0 fully saturated rings. The van der Waals surface area contributed by atoms with Gasteiger partial charge in [0.1, 0.15) is 5.52 Å². The van der Waals surface area contributed by atoms with Gasteiger partial charge >= 0.3 is 0 Å². The molecule has 0 unspecified atom stereocenters. The van der Waals surface area contributed by atoms with Gasteiger partial charge in [-0.1, -0.05) is 0 Å². The van der Waals surface area contributed by atoms with Crippen LogP contribution in [0, 0.1) is 0 Å². The van der Waals surface area contributed by atoms with Crippen LogP contribution in [0.5, 0.6) is 0 Å². The van der Waals surface area contributed by atoms with E-state index in [4.69, 9.17) is 4.42 Å². The maximum Gasteiger partial charge on any atom is 0.242 e. The lowest BCUT2D eigenvalue weighted by atomic mass is 10.3. The number of hydrogen-bond acceptors (Lipinski definition) is 4. The number of oxazole rings is 1. The quantitative estimate of drug-likeness (QED) is 0.768. The Bertz CT molecular complexity index is 586. The molecule has 0 N–H and O–H groups in total. The summed E-state index contributed by atoms with van der Waals surface area (Å²) in [6, 6.07) is 4.59. The van der Waals surface area contributed by atoms with Crippen molar-refractivity contribution in [1.29, 1.82) is 0 Å². The monoisotopic (exact) mass is 226 g/mol. The fourth-order valence-corrected chi connectivity index (χ4v) is 2.13. The molecule has 0 spiro atoms. The van der Waals surface area contributed by atoms with Gasteiger partial charge in [-0.2, -0.15) is 0 Å². The second-order valence-electron chi connectivity index (χ2n) is 3.27. The number of fused-ring (bicyclic) bond motifs is 1. The van der Waals surface area contributed by atoms with Gasteiger partial charge in [0.15, 0.2) is 12.0 Å². The van der Waals surface area contributed by atoms with Crippen LogP contribution >= 0.6 is 0 Å². The largest absolute Gasteiger partial charge is 0.443 e. The first-order chi connectivity index (χ1) is 7.01. The summed E-state index contributed by atoms with van der Waals surface area (Å²) in [6.07, 6.45) is 1.29. The second-order valence-corrected chi connectivity index (χ2v) is 5.42. The van der Waals surface area contributed by atoms with Gasteiger partial charge in [0.2, 0.25) is 10.0 Å². The zero-order valence-corrected chi connectivity index (χ0v) is 9.15. The van der Waals surface area contributed by atoms with Crippen LogP contribution in [0.4, 0.5) is 0 Å². The Morgan fingerprint density at radius 2 is 2.07 bits per heavy atom. The van der Waals surface area contributed by atoms with Crippen molar-refractivity contribution in [2.24, 2.45) is 0 Å². The molecule has 0 saturated carbocycles. The summed E-state index contributed by atoms with van der Waals surface area (Å²) in [4.78, 5) is 4.12. The van der Waals surface area contributed by atoms with Crippen LogP contribution in [0.15, 0.2) is 33.9 Å². The van der Waals surface area contributed by atoms with Gasteiger partial charge in [-0.05, 0) is 18.2 Å². The number of rotatable bonds is 2. The van der Waals surface area contributed by atoms with Crippen molar-refractivity contribution in [2.45, 2.75) is 4.90 Å². The molecule has 0 bridgehead atoms. The molecule has 1 aromatic heterocycles. The minimum atomic E-state index is -3.39. The Morgan fingerprint density at radius 1 is 1.33 bits per heavy atom.